The SMILES string of the molecule is COCCOc1cc2c(cc1C(=O)NCCN)CCCC2C. The minimum absolute atomic E-state index is 0.126. The van der Waals surface area contributed by atoms with Crippen LogP contribution < -0.4 is 15.8 Å². The lowest BCUT2D eigenvalue weighted by atomic mass is 9.83. The van der Waals surface area contributed by atoms with Gasteiger partial charge in [-0.25, -0.2) is 0 Å². The maximum Gasteiger partial charge on any atom is 0.255 e. The number of nitrogens with one attached hydrogen (secondary N) is 1. The zero-order chi connectivity index (χ0) is 15.9. The number of ether oxygens (including phenoxy) is 2. The highest BCUT2D eigenvalue weighted by Crippen LogP contribution is 2.35. The van der Waals surface area contributed by atoms with Crippen LogP contribution in [-0.4, -0.2) is 39.3 Å². The molecule has 22 heavy (non-hydrogen) atoms. The number of benzene rings is 1. The standard InChI is InChI=1S/C17H26N2O3/c1-12-4-3-5-13-10-15(17(20)19-7-6-18)16(11-14(12)13)22-9-8-21-2/h10-12H,3-9,18H2,1-2H3,(H,19,20). The number of fused-ring (bicyclic) bond motifs is 1. The lowest BCUT2D eigenvalue weighted by Gasteiger charge is -2.24. The summed E-state index contributed by atoms with van der Waals surface area (Å²) < 4.78 is 10.8. The van der Waals surface area contributed by atoms with Gasteiger partial charge in [-0.3, -0.25) is 4.79 Å². The average Bonchev–Trinajstić information content (AvgIpc) is 2.53. The number of carbonyl (C=O) groups is 1. The molecular weight excluding hydrogens is 280 g/mol. The summed E-state index contributed by atoms with van der Waals surface area (Å²) >= 11 is 0. The van der Waals surface area contributed by atoms with Gasteiger partial charge in [0.1, 0.15) is 12.4 Å². The predicted molar refractivity (Wildman–Crippen MR) is 86.6 cm³/mol. The average molecular weight is 306 g/mol. The molecule has 0 radical (unpaired) electrons. The van der Waals surface area contributed by atoms with Crippen molar-refractivity contribution in [2.75, 3.05) is 33.4 Å². The predicted octanol–water partition coefficient (Wildman–Crippen LogP) is 1.84. The monoisotopic (exact) mass is 306 g/mol. The number of amides is 1. The summed E-state index contributed by atoms with van der Waals surface area (Å²) in [6.07, 6.45) is 3.38. The van der Waals surface area contributed by atoms with Gasteiger partial charge < -0.3 is 20.5 Å². The number of methoxy groups -OCH3 is 1. The third kappa shape index (κ3) is 3.99. The first-order valence-corrected chi connectivity index (χ1v) is 7.94. The molecular formula is C17H26N2O3. The minimum Gasteiger partial charge on any atom is -0.490 e. The van der Waals surface area contributed by atoms with Crippen LogP contribution in [0.4, 0.5) is 0 Å². The fraction of sp³-hybridized carbons (Fsp3) is 0.588. The van der Waals surface area contributed by atoms with Crippen LogP contribution in [0.5, 0.6) is 5.75 Å². The van der Waals surface area contributed by atoms with E-state index in [4.69, 9.17) is 15.2 Å². The van der Waals surface area contributed by atoms with Gasteiger partial charge in [0.25, 0.3) is 5.91 Å². The molecule has 1 aromatic carbocycles. The highest BCUT2D eigenvalue weighted by atomic mass is 16.5. The zero-order valence-corrected chi connectivity index (χ0v) is 13.5. The molecule has 1 amide bonds. The highest BCUT2D eigenvalue weighted by Gasteiger charge is 2.22. The van der Waals surface area contributed by atoms with E-state index < -0.39 is 0 Å². The quantitative estimate of drug-likeness (QED) is 0.754. The Bertz CT molecular complexity index is 517. The van der Waals surface area contributed by atoms with Gasteiger partial charge in [-0.15, -0.1) is 0 Å². The van der Waals surface area contributed by atoms with Crippen LogP contribution in [0.2, 0.25) is 0 Å². The van der Waals surface area contributed by atoms with E-state index in [1.807, 2.05) is 12.1 Å². The Morgan fingerprint density at radius 3 is 2.95 bits per heavy atom. The first-order chi connectivity index (χ1) is 10.7. The number of nitrogens with two attached hydrogens (primary N) is 1. The number of rotatable bonds is 7. The second kappa shape index (κ2) is 8.15. The van der Waals surface area contributed by atoms with E-state index in [1.54, 1.807) is 7.11 Å². The minimum atomic E-state index is -0.126. The topological polar surface area (TPSA) is 73.6 Å². The Labute approximate surface area is 132 Å². The van der Waals surface area contributed by atoms with Gasteiger partial charge in [-0.2, -0.15) is 0 Å². The summed E-state index contributed by atoms with van der Waals surface area (Å²) in [4.78, 5) is 12.3. The fourth-order valence-corrected chi connectivity index (χ4v) is 2.88. The van der Waals surface area contributed by atoms with Gasteiger partial charge >= 0.3 is 0 Å². The van der Waals surface area contributed by atoms with Crippen molar-refractivity contribution in [1.29, 1.82) is 0 Å². The Balaban J connectivity index is 2.29. The lowest BCUT2D eigenvalue weighted by molar-refractivity contribution is 0.0946. The van der Waals surface area contributed by atoms with Crippen molar-refractivity contribution in [3.8, 4) is 5.75 Å². The molecule has 0 saturated carbocycles. The van der Waals surface area contributed by atoms with Crippen LogP contribution in [0.25, 0.3) is 0 Å². The van der Waals surface area contributed by atoms with Crippen LogP contribution in [0.15, 0.2) is 12.1 Å². The molecule has 5 heteroatoms. The number of aryl methyl sites for hydroxylation is 1. The van der Waals surface area contributed by atoms with Crippen LogP contribution in [0.1, 0.15) is 47.2 Å². The Morgan fingerprint density at radius 1 is 1.41 bits per heavy atom. The maximum absolute atomic E-state index is 12.3. The lowest BCUT2D eigenvalue weighted by Crippen LogP contribution is -2.29. The van der Waals surface area contributed by atoms with Crippen molar-refractivity contribution < 1.29 is 14.3 Å². The molecule has 1 unspecified atom stereocenters. The van der Waals surface area contributed by atoms with Gasteiger partial charge in [0, 0.05) is 20.2 Å². The van der Waals surface area contributed by atoms with Gasteiger partial charge in [-0.1, -0.05) is 6.92 Å². The van der Waals surface area contributed by atoms with E-state index >= 15 is 0 Å². The van der Waals surface area contributed by atoms with Crippen molar-refractivity contribution >= 4 is 5.91 Å². The Morgan fingerprint density at radius 2 is 2.23 bits per heavy atom. The molecule has 0 fully saturated rings. The van der Waals surface area contributed by atoms with Crippen LogP contribution in [0, 0.1) is 0 Å². The summed E-state index contributed by atoms with van der Waals surface area (Å²) in [7, 11) is 1.63. The maximum atomic E-state index is 12.3. The molecule has 122 valence electrons. The van der Waals surface area contributed by atoms with Crippen molar-refractivity contribution in [3.63, 3.8) is 0 Å². The Kier molecular flexibility index (Phi) is 6.21. The summed E-state index contributed by atoms with van der Waals surface area (Å²) in [5.41, 5.74) is 8.61. The van der Waals surface area contributed by atoms with Crippen molar-refractivity contribution in [2.24, 2.45) is 5.73 Å². The molecule has 0 bridgehead atoms. The van der Waals surface area contributed by atoms with E-state index in [0.717, 1.165) is 6.42 Å². The molecule has 0 aromatic heterocycles. The van der Waals surface area contributed by atoms with Crippen LogP contribution >= 0.6 is 0 Å². The van der Waals surface area contributed by atoms with Crippen molar-refractivity contribution in [3.05, 3.63) is 28.8 Å². The largest absolute Gasteiger partial charge is 0.490 e. The van der Waals surface area contributed by atoms with Crippen molar-refractivity contribution in [1.82, 2.24) is 5.32 Å². The molecule has 1 atom stereocenters. The van der Waals surface area contributed by atoms with Crippen LogP contribution in [-0.2, 0) is 11.2 Å². The number of hydrogen-bond acceptors (Lipinski definition) is 4. The molecule has 0 spiro atoms. The van der Waals surface area contributed by atoms with Crippen molar-refractivity contribution in [2.45, 2.75) is 32.1 Å². The van der Waals surface area contributed by atoms with Gasteiger partial charge in [0.15, 0.2) is 0 Å². The van der Waals surface area contributed by atoms with Crippen LogP contribution in [0.3, 0.4) is 0 Å². The Hall–Kier alpha value is -1.59. The first-order valence-electron chi connectivity index (χ1n) is 7.94. The van der Waals surface area contributed by atoms with Gasteiger partial charge in [0.2, 0.25) is 0 Å². The third-order valence-corrected chi connectivity index (χ3v) is 4.08. The van der Waals surface area contributed by atoms with E-state index in [2.05, 4.69) is 12.2 Å². The molecule has 0 aliphatic heterocycles. The molecule has 0 heterocycles. The third-order valence-electron chi connectivity index (χ3n) is 4.08. The normalized spacial score (nSPS) is 17.0. The van der Waals surface area contributed by atoms with E-state index in [9.17, 15) is 4.79 Å². The molecule has 1 aliphatic rings. The van der Waals surface area contributed by atoms with E-state index in [0.29, 0.717) is 43.5 Å². The summed E-state index contributed by atoms with van der Waals surface area (Å²) in [5, 5.41) is 2.82. The van der Waals surface area contributed by atoms with E-state index in [-0.39, 0.29) is 5.91 Å². The second-order valence-corrected chi connectivity index (χ2v) is 5.73. The summed E-state index contributed by atoms with van der Waals surface area (Å²) in [6.45, 7) is 4.04. The zero-order valence-electron chi connectivity index (χ0n) is 13.5. The number of carbonyl (C=O) groups excluding carboxylic acids is 1. The highest BCUT2D eigenvalue weighted by molar-refractivity contribution is 5.97. The molecule has 2 rings (SSSR count). The molecule has 3 N–H and O–H groups in total. The summed E-state index contributed by atoms with van der Waals surface area (Å²) in [6, 6.07) is 4.02. The summed E-state index contributed by atoms with van der Waals surface area (Å²) in [5.74, 6) is 1.02. The number of hydrogen-bond donors (Lipinski definition) is 2. The molecule has 1 aromatic rings. The molecule has 0 saturated heterocycles. The second-order valence-electron chi connectivity index (χ2n) is 5.73. The van der Waals surface area contributed by atoms with E-state index in [1.165, 1.54) is 24.0 Å². The first kappa shape index (κ1) is 16.8. The smallest absolute Gasteiger partial charge is 0.255 e. The molecule has 1 aliphatic carbocycles. The molecule has 5 nitrogen and oxygen atoms in total. The fourth-order valence-electron chi connectivity index (χ4n) is 2.88. The van der Waals surface area contributed by atoms with Gasteiger partial charge in [-0.05, 0) is 48.4 Å². The van der Waals surface area contributed by atoms with Gasteiger partial charge in [0.05, 0.1) is 12.2 Å².